The fourth-order valence-electron chi connectivity index (χ4n) is 1.40. The molecule has 0 aliphatic carbocycles. The zero-order valence-corrected chi connectivity index (χ0v) is 11.3. The van der Waals surface area contributed by atoms with Gasteiger partial charge in [0.25, 0.3) is 0 Å². The Morgan fingerprint density at radius 2 is 1.70 bits per heavy atom. The van der Waals surface area contributed by atoms with E-state index in [1.54, 1.807) is 12.1 Å². The largest absolute Gasteiger partial charge is 0.493 e. The van der Waals surface area contributed by atoms with E-state index in [9.17, 15) is 9.59 Å². The number of nitrogens with zero attached hydrogens (tertiary/aromatic N) is 1. The Balaban J connectivity index is 2.99. The van der Waals surface area contributed by atoms with Gasteiger partial charge in [0.05, 0.1) is 27.5 Å². The Kier molecular flexibility index (Phi) is 5.33. The number of amides is 2. The van der Waals surface area contributed by atoms with Gasteiger partial charge in [-0.25, -0.2) is 5.43 Å². The number of hydrogen-bond acceptors (Lipinski definition) is 6. The van der Waals surface area contributed by atoms with Crippen molar-refractivity contribution in [1.29, 1.82) is 0 Å². The number of primary amides is 1. The van der Waals surface area contributed by atoms with E-state index in [1.807, 2.05) is 5.43 Å². The highest BCUT2D eigenvalue weighted by atomic mass is 16.5. The number of hydrogen-bond donors (Lipinski definition) is 2. The Morgan fingerprint density at radius 1 is 1.15 bits per heavy atom. The minimum absolute atomic E-state index is 0.438. The molecule has 8 nitrogen and oxygen atoms in total. The molecule has 20 heavy (non-hydrogen) atoms. The summed E-state index contributed by atoms with van der Waals surface area (Å²) in [7, 11) is 4.45. The van der Waals surface area contributed by atoms with Crippen LogP contribution in [0.25, 0.3) is 0 Å². The zero-order valence-electron chi connectivity index (χ0n) is 11.3. The van der Waals surface area contributed by atoms with Gasteiger partial charge in [-0.05, 0) is 12.1 Å². The number of hydrazone groups is 1. The fraction of sp³-hybridized carbons (Fsp3) is 0.250. The van der Waals surface area contributed by atoms with Gasteiger partial charge in [-0.1, -0.05) is 0 Å². The molecule has 1 aromatic carbocycles. The van der Waals surface area contributed by atoms with Gasteiger partial charge in [0.2, 0.25) is 5.75 Å². The van der Waals surface area contributed by atoms with Gasteiger partial charge >= 0.3 is 11.8 Å². The van der Waals surface area contributed by atoms with Crippen molar-refractivity contribution in [2.45, 2.75) is 0 Å². The van der Waals surface area contributed by atoms with Gasteiger partial charge in [-0.15, -0.1) is 0 Å². The lowest BCUT2D eigenvalue weighted by molar-refractivity contribution is -0.137. The molecule has 0 heterocycles. The highest BCUT2D eigenvalue weighted by Gasteiger charge is 2.12. The number of carbonyl (C=O) groups is 2. The molecule has 0 saturated heterocycles. The molecule has 0 unspecified atom stereocenters. The molecule has 0 aliphatic rings. The molecule has 1 rings (SSSR count). The minimum Gasteiger partial charge on any atom is -0.493 e. The molecule has 1 aromatic rings. The molecule has 0 atom stereocenters. The SMILES string of the molecule is COc1cc(/C=N/NC(=O)C(N)=O)cc(OC)c1OC. The summed E-state index contributed by atoms with van der Waals surface area (Å²) in [5.41, 5.74) is 7.31. The number of rotatable bonds is 5. The Labute approximate surface area is 115 Å². The predicted octanol–water partition coefficient (Wildman–Crippen LogP) is -0.352. The monoisotopic (exact) mass is 281 g/mol. The van der Waals surface area contributed by atoms with Gasteiger partial charge in [0, 0.05) is 5.56 Å². The molecule has 0 spiro atoms. The molecule has 108 valence electrons. The van der Waals surface area contributed by atoms with E-state index in [0.29, 0.717) is 22.8 Å². The van der Waals surface area contributed by atoms with E-state index in [0.717, 1.165) is 0 Å². The van der Waals surface area contributed by atoms with Crippen molar-refractivity contribution in [2.75, 3.05) is 21.3 Å². The first-order valence-electron chi connectivity index (χ1n) is 5.46. The van der Waals surface area contributed by atoms with Crippen LogP contribution in [0, 0.1) is 0 Å². The van der Waals surface area contributed by atoms with E-state index < -0.39 is 11.8 Å². The number of benzene rings is 1. The summed E-state index contributed by atoms with van der Waals surface area (Å²) in [5.74, 6) is -0.807. The molecule has 0 saturated carbocycles. The van der Waals surface area contributed by atoms with Crippen LogP contribution in [0.5, 0.6) is 17.2 Å². The summed E-state index contributed by atoms with van der Waals surface area (Å²) in [5, 5.41) is 3.59. The first-order chi connectivity index (χ1) is 9.53. The van der Waals surface area contributed by atoms with Crippen molar-refractivity contribution in [3.8, 4) is 17.2 Å². The maximum absolute atomic E-state index is 10.9. The molecule has 0 radical (unpaired) electrons. The van der Waals surface area contributed by atoms with Crippen LogP contribution in [0.15, 0.2) is 17.2 Å². The van der Waals surface area contributed by atoms with Crippen LogP contribution < -0.4 is 25.4 Å². The lowest BCUT2D eigenvalue weighted by atomic mass is 10.2. The maximum atomic E-state index is 10.9. The van der Waals surface area contributed by atoms with Gasteiger partial charge < -0.3 is 19.9 Å². The lowest BCUT2D eigenvalue weighted by Gasteiger charge is -2.12. The standard InChI is InChI=1S/C12H15N3O5/c1-18-8-4-7(5-9(19-2)10(8)20-3)6-14-15-12(17)11(13)16/h4-6H,1-3H3,(H2,13,16)(H,15,17)/b14-6+. The third-order valence-electron chi connectivity index (χ3n) is 2.29. The second-order valence-corrected chi connectivity index (χ2v) is 3.52. The summed E-state index contributed by atoms with van der Waals surface area (Å²) in [4.78, 5) is 21.4. The van der Waals surface area contributed by atoms with E-state index in [1.165, 1.54) is 27.5 Å². The smallest absolute Gasteiger partial charge is 0.329 e. The topological polar surface area (TPSA) is 112 Å². The van der Waals surface area contributed by atoms with Gasteiger partial charge in [0.1, 0.15) is 0 Å². The fourth-order valence-corrected chi connectivity index (χ4v) is 1.40. The Bertz CT molecular complexity index is 517. The summed E-state index contributed by atoms with van der Waals surface area (Å²) >= 11 is 0. The van der Waals surface area contributed by atoms with Crippen molar-refractivity contribution < 1.29 is 23.8 Å². The maximum Gasteiger partial charge on any atom is 0.329 e. The Hall–Kier alpha value is -2.77. The minimum atomic E-state index is -1.12. The lowest BCUT2D eigenvalue weighted by Crippen LogP contribution is -2.32. The zero-order chi connectivity index (χ0) is 15.1. The normalized spacial score (nSPS) is 10.2. The van der Waals surface area contributed by atoms with Crippen molar-refractivity contribution in [1.82, 2.24) is 5.43 Å². The number of ether oxygens (including phenoxy) is 3. The molecule has 0 aromatic heterocycles. The van der Waals surface area contributed by atoms with Crippen LogP contribution in [0.1, 0.15) is 5.56 Å². The van der Waals surface area contributed by atoms with Crippen molar-refractivity contribution in [3.05, 3.63) is 17.7 Å². The van der Waals surface area contributed by atoms with Gasteiger partial charge in [-0.3, -0.25) is 9.59 Å². The van der Waals surface area contributed by atoms with Crippen LogP contribution in [-0.2, 0) is 9.59 Å². The highest BCUT2D eigenvalue weighted by Crippen LogP contribution is 2.37. The second kappa shape index (κ2) is 6.98. The third kappa shape index (κ3) is 3.61. The molecule has 8 heteroatoms. The second-order valence-electron chi connectivity index (χ2n) is 3.52. The van der Waals surface area contributed by atoms with E-state index in [-0.39, 0.29) is 0 Å². The molecular weight excluding hydrogens is 266 g/mol. The average Bonchev–Trinajstić information content (AvgIpc) is 2.45. The van der Waals surface area contributed by atoms with Gasteiger partial charge in [0.15, 0.2) is 11.5 Å². The summed E-state index contributed by atoms with van der Waals surface area (Å²) in [6.07, 6.45) is 1.31. The van der Waals surface area contributed by atoms with Crippen LogP contribution in [-0.4, -0.2) is 39.4 Å². The van der Waals surface area contributed by atoms with Crippen molar-refractivity contribution in [3.63, 3.8) is 0 Å². The summed E-state index contributed by atoms with van der Waals surface area (Å²) in [6.45, 7) is 0. The third-order valence-corrected chi connectivity index (χ3v) is 2.29. The van der Waals surface area contributed by atoms with Crippen LogP contribution in [0.4, 0.5) is 0 Å². The van der Waals surface area contributed by atoms with Crippen molar-refractivity contribution >= 4 is 18.0 Å². The van der Waals surface area contributed by atoms with E-state index >= 15 is 0 Å². The average molecular weight is 281 g/mol. The molecule has 0 aliphatic heterocycles. The molecule has 0 bridgehead atoms. The van der Waals surface area contributed by atoms with Crippen LogP contribution >= 0.6 is 0 Å². The first kappa shape index (κ1) is 15.3. The van der Waals surface area contributed by atoms with E-state index in [4.69, 9.17) is 19.9 Å². The number of nitrogens with two attached hydrogens (primary N) is 1. The quantitative estimate of drug-likeness (QED) is 0.435. The molecule has 0 fully saturated rings. The van der Waals surface area contributed by atoms with E-state index in [2.05, 4.69) is 5.10 Å². The van der Waals surface area contributed by atoms with Crippen LogP contribution in [0.2, 0.25) is 0 Å². The van der Waals surface area contributed by atoms with Gasteiger partial charge in [-0.2, -0.15) is 5.10 Å². The number of nitrogens with one attached hydrogen (secondary N) is 1. The highest BCUT2D eigenvalue weighted by molar-refractivity contribution is 6.34. The molecule has 2 amide bonds. The molecule has 3 N–H and O–H groups in total. The Morgan fingerprint density at radius 3 is 2.10 bits per heavy atom. The summed E-state index contributed by atoms with van der Waals surface area (Å²) < 4.78 is 15.5. The number of carbonyl (C=O) groups excluding carboxylic acids is 2. The number of methoxy groups -OCH3 is 3. The molecular formula is C12H15N3O5. The summed E-state index contributed by atoms with van der Waals surface area (Å²) in [6, 6.07) is 3.25. The van der Waals surface area contributed by atoms with Crippen LogP contribution in [0.3, 0.4) is 0 Å². The first-order valence-corrected chi connectivity index (χ1v) is 5.46. The van der Waals surface area contributed by atoms with Crippen molar-refractivity contribution in [2.24, 2.45) is 10.8 Å². The predicted molar refractivity (Wildman–Crippen MR) is 71.0 cm³/mol.